The molecule has 1 aromatic carbocycles. The van der Waals surface area contributed by atoms with Crippen molar-refractivity contribution in [2.24, 2.45) is 0 Å². The van der Waals surface area contributed by atoms with Crippen LogP contribution in [0.25, 0.3) is 0 Å². The van der Waals surface area contributed by atoms with E-state index in [1.165, 1.54) is 11.8 Å². The van der Waals surface area contributed by atoms with Crippen LogP contribution in [0.2, 0.25) is 0 Å². The van der Waals surface area contributed by atoms with Gasteiger partial charge < -0.3 is 9.64 Å². The zero-order valence-electron chi connectivity index (χ0n) is 11.0. The fraction of sp³-hybridized carbons (Fsp3) is 0.400. The fourth-order valence-corrected chi connectivity index (χ4v) is 1.67. The van der Waals surface area contributed by atoms with Gasteiger partial charge in [0.2, 0.25) is 0 Å². The first-order chi connectivity index (χ1) is 8.77. The van der Waals surface area contributed by atoms with Crippen molar-refractivity contribution in [3.63, 3.8) is 0 Å². The normalized spacial score (nSPS) is 9.83. The predicted molar refractivity (Wildman–Crippen MR) is 74.7 cm³/mol. The molecule has 0 aliphatic heterocycles. The van der Waals surface area contributed by atoms with Gasteiger partial charge in [-0.1, -0.05) is 38.1 Å². The molecule has 18 heavy (non-hydrogen) atoms. The quantitative estimate of drug-likeness (QED) is 0.522. The second-order valence-electron chi connectivity index (χ2n) is 4.05. The van der Waals surface area contributed by atoms with Crippen LogP contribution in [0.4, 0.5) is 5.69 Å². The molecular formula is C15H21NO2. The molecule has 98 valence electrons. The molecule has 0 saturated heterocycles. The lowest BCUT2D eigenvalue weighted by atomic mass is 10.2. The summed E-state index contributed by atoms with van der Waals surface area (Å²) < 4.78 is 5.02. The molecular weight excluding hydrogens is 226 g/mol. The molecule has 0 amide bonds. The average Bonchev–Trinajstić information content (AvgIpc) is 2.43. The Balaban J connectivity index is 2.51. The molecule has 1 rings (SSSR count). The zero-order valence-corrected chi connectivity index (χ0v) is 11.0. The standard InChI is InChI=1S/C15H21NO2/c1-3-5-11-16(12-13-18-15(17)4-2)14-9-7-6-8-10-14/h4,6-10H,2-3,5,11-13H2,1H3. The number of hydrogen-bond acceptors (Lipinski definition) is 3. The smallest absolute Gasteiger partial charge is 0.330 e. The molecule has 1 aromatic rings. The maximum Gasteiger partial charge on any atom is 0.330 e. The highest BCUT2D eigenvalue weighted by Gasteiger charge is 2.06. The number of carbonyl (C=O) groups is 1. The third-order valence-electron chi connectivity index (χ3n) is 2.68. The van der Waals surface area contributed by atoms with Gasteiger partial charge in [0.1, 0.15) is 6.61 Å². The first-order valence-corrected chi connectivity index (χ1v) is 6.37. The minimum absolute atomic E-state index is 0.362. The summed E-state index contributed by atoms with van der Waals surface area (Å²) in [6.45, 7) is 7.63. The van der Waals surface area contributed by atoms with E-state index in [0.29, 0.717) is 13.2 Å². The van der Waals surface area contributed by atoms with Crippen LogP contribution in [0.15, 0.2) is 43.0 Å². The summed E-state index contributed by atoms with van der Waals surface area (Å²) in [6.07, 6.45) is 3.47. The zero-order chi connectivity index (χ0) is 13.2. The summed E-state index contributed by atoms with van der Waals surface area (Å²) in [4.78, 5) is 13.2. The monoisotopic (exact) mass is 247 g/mol. The van der Waals surface area contributed by atoms with Crippen LogP contribution in [0.1, 0.15) is 19.8 Å². The molecule has 3 heteroatoms. The van der Waals surface area contributed by atoms with Crippen LogP contribution in [0.5, 0.6) is 0 Å². The summed E-state index contributed by atoms with van der Waals surface area (Å²) >= 11 is 0. The summed E-state index contributed by atoms with van der Waals surface area (Å²) in [5, 5.41) is 0. The Morgan fingerprint density at radius 1 is 1.33 bits per heavy atom. The lowest BCUT2D eigenvalue weighted by Gasteiger charge is -2.24. The van der Waals surface area contributed by atoms with Crippen LogP contribution in [-0.2, 0) is 9.53 Å². The van der Waals surface area contributed by atoms with E-state index < -0.39 is 0 Å². The summed E-state index contributed by atoms with van der Waals surface area (Å²) in [7, 11) is 0. The molecule has 0 aliphatic rings. The third kappa shape index (κ3) is 5.04. The number of ether oxygens (including phenoxy) is 1. The largest absolute Gasteiger partial charge is 0.461 e. The topological polar surface area (TPSA) is 29.5 Å². The first-order valence-electron chi connectivity index (χ1n) is 6.37. The highest BCUT2D eigenvalue weighted by atomic mass is 16.5. The maximum absolute atomic E-state index is 11.0. The molecule has 0 atom stereocenters. The number of unbranched alkanes of at least 4 members (excludes halogenated alkanes) is 1. The van der Waals surface area contributed by atoms with Crippen LogP contribution < -0.4 is 4.90 Å². The fourth-order valence-electron chi connectivity index (χ4n) is 1.67. The van der Waals surface area contributed by atoms with E-state index in [2.05, 4.69) is 30.5 Å². The maximum atomic E-state index is 11.0. The van der Waals surface area contributed by atoms with E-state index in [0.717, 1.165) is 19.4 Å². The molecule has 0 radical (unpaired) electrons. The average molecular weight is 247 g/mol. The van der Waals surface area contributed by atoms with Gasteiger partial charge in [-0.3, -0.25) is 0 Å². The van der Waals surface area contributed by atoms with E-state index in [9.17, 15) is 4.79 Å². The van der Waals surface area contributed by atoms with E-state index in [-0.39, 0.29) is 5.97 Å². The van der Waals surface area contributed by atoms with Gasteiger partial charge in [-0.25, -0.2) is 4.79 Å². The Kier molecular flexibility index (Phi) is 6.62. The van der Waals surface area contributed by atoms with Crippen molar-refractivity contribution in [3.05, 3.63) is 43.0 Å². The molecule has 0 N–H and O–H groups in total. The van der Waals surface area contributed by atoms with E-state index >= 15 is 0 Å². The SMILES string of the molecule is C=CC(=O)OCCN(CCCC)c1ccccc1. The number of anilines is 1. The minimum atomic E-state index is -0.362. The molecule has 0 spiro atoms. The van der Waals surface area contributed by atoms with Gasteiger partial charge in [0.15, 0.2) is 0 Å². The van der Waals surface area contributed by atoms with Gasteiger partial charge in [-0.05, 0) is 18.6 Å². The van der Waals surface area contributed by atoms with Crippen molar-refractivity contribution in [3.8, 4) is 0 Å². The van der Waals surface area contributed by atoms with E-state index in [1.54, 1.807) is 0 Å². The van der Waals surface area contributed by atoms with Crippen molar-refractivity contribution in [2.75, 3.05) is 24.6 Å². The summed E-state index contributed by atoms with van der Waals surface area (Å²) in [5.41, 5.74) is 1.17. The van der Waals surface area contributed by atoms with Crippen LogP contribution in [0, 0.1) is 0 Å². The van der Waals surface area contributed by atoms with Crippen LogP contribution >= 0.6 is 0 Å². The Labute approximate surface area is 109 Å². The molecule has 0 aromatic heterocycles. The number of hydrogen-bond donors (Lipinski definition) is 0. The number of esters is 1. The highest BCUT2D eigenvalue weighted by Crippen LogP contribution is 2.13. The van der Waals surface area contributed by atoms with Crippen molar-refractivity contribution < 1.29 is 9.53 Å². The number of nitrogens with zero attached hydrogens (tertiary/aromatic N) is 1. The molecule has 0 aliphatic carbocycles. The summed E-state index contributed by atoms with van der Waals surface area (Å²) in [5.74, 6) is -0.362. The Morgan fingerprint density at radius 3 is 2.67 bits per heavy atom. The number of carbonyl (C=O) groups excluding carboxylic acids is 1. The van der Waals surface area contributed by atoms with Gasteiger partial charge in [-0.15, -0.1) is 0 Å². The highest BCUT2D eigenvalue weighted by molar-refractivity contribution is 5.81. The van der Waals surface area contributed by atoms with Crippen LogP contribution in [-0.4, -0.2) is 25.7 Å². The van der Waals surface area contributed by atoms with Gasteiger partial charge >= 0.3 is 5.97 Å². The Morgan fingerprint density at radius 2 is 2.06 bits per heavy atom. The first kappa shape index (κ1) is 14.3. The van der Waals surface area contributed by atoms with Gasteiger partial charge in [-0.2, -0.15) is 0 Å². The van der Waals surface area contributed by atoms with Crippen LogP contribution in [0.3, 0.4) is 0 Å². The molecule has 0 fully saturated rings. The lowest BCUT2D eigenvalue weighted by Crippen LogP contribution is -2.29. The van der Waals surface area contributed by atoms with Gasteiger partial charge in [0.25, 0.3) is 0 Å². The second kappa shape index (κ2) is 8.34. The molecule has 0 bridgehead atoms. The summed E-state index contributed by atoms with van der Waals surface area (Å²) in [6, 6.07) is 10.2. The Hall–Kier alpha value is -1.77. The van der Waals surface area contributed by atoms with Crippen molar-refractivity contribution in [1.82, 2.24) is 0 Å². The second-order valence-corrected chi connectivity index (χ2v) is 4.05. The number of benzene rings is 1. The predicted octanol–water partition coefficient (Wildman–Crippen LogP) is 3.02. The Bertz CT molecular complexity index is 362. The van der Waals surface area contributed by atoms with Gasteiger partial charge in [0, 0.05) is 18.3 Å². The van der Waals surface area contributed by atoms with Crippen molar-refractivity contribution in [1.29, 1.82) is 0 Å². The van der Waals surface area contributed by atoms with Crippen molar-refractivity contribution in [2.45, 2.75) is 19.8 Å². The third-order valence-corrected chi connectivity index (χ3v) is 2.68. The lowest BCUT2D eigenvalue weighted by molar-refractivity contribution is -0.137. The van der Waals surface area contributed by atoms with E-state index in [1.807, 2.05) is 18.2 Å². The minimum Gasteiger partial charge on any atom is -0.461 e. The molecule has 0 saturated carbocycles. The van der Waals surface area contributed by atoms with Gasteiger partial charge in [0.05, 0.1) is 6.54 Å². The molecule has 0 heterocycles. The molecule has 0 unspecified atom stereocenters. The van der Waals surface area contributed by atoms with Crippen molar-refractivity contribution >= 4 is 11.7 Å². The number of para-hydroxylation sites is 1. The van der Waals surface area contributed by atoms with E-state index in [4.69, 9.17) is 4.74 Å². The number of rotatable bonds is 8. The molecule has 3 nitrogen and oxygen atoms in total.